The molecular formula is C25H27F3N4OS. The lowest BCUT2D eigenvalue weighted by Crippen LogP contribution is -2.33. The van der Waals surface area contributed by atoms with Crippen LogP contribution in [0.5, 0.6) is 0 Å². The summed E-state index contributed by atoms with van der Waals surface area (Å²) >= 11 is 1.36. The fraction of sp³-hybridized carbons (Fsp3) is 0.520. The van der Waals surface area contributed by atoms with Gasteiger partial charge in [-0.25, -0.2) is 13.2 Å². The normalized spacial score (nSPS) is 27.4. The van der Waals surface area contributed by atoms with Crippen LogP contribution >= 0.6 is 11.3 Å². The summed E-state index contributed by atoms with van der Waals surface area (Å²) in [6, 6.07) is 4.26. The van der Waals surface area contributed by atoms with Gasteiger partial charge in [0.1, 0.15) is 11.5 Å². The van der Waals surface area contributed by atoms with Gasteiger partial charge in [-0.1, -0.05) is 0 Å². The van der Waals surface area contributed by atoms with E-state index in [1.807, 2.05) is 11.4 Å². The van der Waals surface area contributed by atoms with Crippen LogP contribution in [0.25, 0.3) is 21.3 Å². The number of fused-ring (bicyclic) bond motifs is 2. The van der Waals surface area contributed by atoms with Gasteiger partial charge in [-0.15, -0.1) is 21.5 Å². The SMILES string of the molecule is Fc1cc(F)c(F)c(-c2nnc(N[C@H]3C[C@@H]4CN[C@@H](CC5CCOCC5)[C@H]4C3)c3ccsc23)c1. The molecule has 9 heteroatoms. The predicted molar refractivity (Wildman–Crippen MR) is 126 cm³/mol. The third-order valence-corrected chi connectivity index (χ3v) is 8.73. The highest BCUT2D eigenvalue weighted by Gasteiger charge is 2.44. The molecule has 0 radical (unpaired) electrons. The van der Waals surface area contributed by atoms with Gasteiger partial charge in [0.05, 0.1) is 4.70 Å². The van der Waals surface area contributed by atoms with E-state index in [4.69, 9.17) is 4.74 Å². The molecule has 4 heterocycles. The molecule has 34 heavy (non-hydrogen) atoms. The Kier molecular flexibility index (Phi) is 5.95. The minimum absolute atomic E-state index is 0.162. The first-order chi connectivity index (χ1) is 16.6. The van der Waals surface area contributed by atoms with Crippen LogP contribution in [0.2, 0.25) is 0 Å². The Morgan fingerprint density at radius 1 is 1.12 bits per heavy atom. The van der Waals surface area contributed by atoms with E-state index in [1.54, 1.807) is 0 Å². The van der Waals surface area contributed by atoms with Crippen molar-refractivity contribution in [2.75, 3.05) is 25.1 Å². The molecule has 1 aromatic carbocycles. The van der Waals surface area contributed by atoms with Crippen molar-refractivity contribution in [3.05, 3.63) is 41.0 Å². The van der Waals surface area contributed by atoms with Gasteiger partial charge in [-0.2, -0.15) is 0 Å². The number of thiophene rings is 1. The lowest BCUT2D eigenvalue weighted by atomic mass is 9.85. The lowest BCUT2D eigenvalue weighted by Gasteiger charge is -2.27. The minimum atomic E-state index is -1.23. The molecule has 3 aromatic rings. The monoisotopic (exact) mass is 488 g/mol. The number of rotatable bonds is 5. The molecule has 5 nitrogen and oxygen atoms in total. The van der Waals surface area contributed by atoms with E-state index in [-0.39, 0.29) is 11.3 Å². The molecule has 0 spiro atoms. The van der Waals surface area contributed by atoms with Crippen LogP contribution in [-0.4, -0.2) is 42.0 Å². The summed E-state index contributed by atoms with van der Waals surface area (Å²) in [5.41, 5.74) is -0.0445. The first-order valence-electron chi connectivity index (χ1n) is 12.0. The Hall–Kier alpha value is -2.23. The van der Waals surface area contributed by atoms with Crippen LogP contribution in [0.15, 0.2) is 23.6 Å². The van der Waals surface area contributed by atoms with E-state index in [0.29, 0.717) is 40.5 Å². The van der Waals surface area contributed by atoms with Crippen molar-refractivity contribution in [2.45, 2.75) is 44.2 Å². The quantitative estimate of drug-likeness (QED) is 0.473. The highest BCUT2D eigenvalue weighted by Crippen LogP contribution is 2.43. The van der Waals surface area contributed by atoms with Crippen LogP contribution in [-0.2, 0) is 4.74 Å². The van der Waals surface area contributed by atoms with E-state index >= 15 is 0 Å². The van der Waals surface area contributed by atoms with Gasteiger partial charge >= 0.3 is 0 Å². The van der Waals surface area contributed by atoms with Crippen molar-refractivity contribution in [1.82, 2.24) is 15.5 Å². The molecule has 2 aliphatic heterocycles. The number of benzene rings is 1. The maximum absolute atomic E-state index is 14.4. The van der Waals surface area contributed by atoms with Crippen LogP contribution in [0.3, 0.4) is 0 Å². The molecule has 1 aliphatic carbocycles. The predicted octanol–water partition coefficient (Wildman–Crippen LogP) is 5.37. The van der Waals surface area contributed by atoms with Gasteiger partial charge in [-0.3, -0.25) is 0 Å². The summed E-state index contributed by atoms with van der Waals surface area (Å²) in [5.74, 6) is -0.496. The molecule has 0 amide bonds. The second kappa shape index (κ2) is 9.09. The smallest absolute Gasteiger partial charge is 0.168 e. The first-order valence-corrected chi connectivity index (χ1v) is 12.9. The average Bonchev–Trinajstić information content (AvgIpc) is 3.55. The maximum Gasteiger partial charge on any atom is 0.168 e. The fourth-order valence-corrected chi connectivity index (χ4v) is 7.03. The highest BCUT2D eigenvalue weighted by molar-refractivity contribution is 7.17. The first kappa shape index (κ1) is 22.2. The van der Waals surface area contributed by atoms with Crippen LogP contribution < -0.4 is 10.6 Å². The molecule has 4 atom stereocenters. The molecule has 2 saturated heterocycles. The topological polar surface area (TPSA) is 59.1 Å². The molecule has 0 bridgehead atoms. The van der Waals surface area contributed by atoms with Crippen molar-refractivity contribution in [3.63, 3.8) is 0 Å². The van der Waals surface area contributed by atoms with Crippen molar-refractivity contribution in [3.8, 4) is 11.3 Å². The van der Waals surface area contributed by atoms with E-state index in [9.17, 15) is 13.2 Å². The molecule has 1 saturated carbocycles. The molecule has 3 fully saturated rings. The van der Waals surface area contributed by atoms with Gasteiger partial charge in [0.15, 0.2) is 17.5 Å². The van der Waals surface area contributed by atoms with Crippen molar-refractivity contribution in [2.24, 2.45) is 17.8 Å². The molecule has 3 aliphatic rings. The third kappa shape index (κ3) is 4.07. The summed E-state index contributed by atoms with van der Waals surface area (Å²) in [4.78, 5) is 0. The van der Waals surface area contributed by atoms with Crippen LogP contribution in [0.1, 0.15) is 32.1 Å². The fourth-order valence-electron chi connectivity index (χ4n) is 6.14. The zero-order valence-electron chi connectivity index (χ0n) is 18.7. The van der Waals surface area contributed by atoms with Crippen molar-refractivity contribution >= 4 is 27.2 Å². The Bertz CT molecular complexity index is 1200. The Morgan fingerprint density at radius 3 is 2.82 bits per heavy atom. The second-order valence-electron chi connectivity index (χ2n) is 9.85. The maximum atomic E-state index is 14.4. The summed E-state index contributed by atoms with van der Waals surface area (Å²) in [6.07, 6.45) is 5.68. The number of nitrogens with zero attached hydrogens (tertiary/aromatic N) is 2. The van der Waals surface area contributed by atoms with Crippen molar-refractivity contribution in [1.29, 1.82) is 0 Å². The number of nitrogens with one attached hydrogen (secondary N) is 2. The van der Waals surface area contributed by atoms with Gasteiger partial charge in [0.2, 0.25) is 0 Å². The molecule has 2 aromatic heterocycles. The number of hydrogen-bond acceptors (Lipinski definition) is 6. The van der Waals surface area contributed by atoms with Crippen LogP contribution in [0.4, 0.5) is 19.0 Å². The zero-order chi connectivity index (χ0) is 23.2. The number of halogens is 3. The summed E-state index contributed by atoms with van der Waals surface area (Å²) < 4.78 is 48.2. The minimum Gasteiger partial charge on any atom is -0.381 e. The number of aromatic nitrogens is 2. The molecule has 2 N–H and O–H groups in total. The van der Waals surface area contributed by atoms with Crippen molar-refractivity contribution < 1.29 is 17.9 Å². The molecule has 180 valence electrons. The van der Waals surface area contributed by atoms with Gasteiger partial charge in [-0.05, 0) is 73.9 Å². The van der Waals surface area contributed by atoms with E-state index < -0.39 is 17.5 Å². The highest BCUT2D eigenvalue weighted by atomic mass is 32.1. The molecule has 0 unspecified atom stereocenters. The average molecular weight is 489 g/mol. The largest absolute Gasteiger partial charge is 0.381 e. The Morgan fingerprint density at radius 2 is 1.97 bits per heavy atom. The molecular weight excluding hydrogens is 461 g/mol. The van der Waals surface area contributed by atoms with Gasteiger partial charge in [0, 0.05) is 42.3 Å². The van der Waals surface area contributed by atoms with Crippen LogP contribution in [0, 0.1) is 35.2 Å². The van der Waals surface area contributed by atoms with E-state index in [2.05, 4.69) is 20.8 Å². The Labute approximate surface area is 200 Å². The second-order valence-corrected chi connectivity index (χ2v) is 10.8. The summed E-state index contributed by atoms with van der Waals surface area (Å²) in [7, 11) is 0. The third-order valence-electron chi connectivity index (χ3n) is 7.81. The van der Waals surface area contributed by atoms with Gasteiger partial charge < -0.3 is 15.4 Å². The molecule has 6 rings (SSSR count). The summed E-state index contributed by atoms with van der Waals surface area (Å²) in [5, 5.41) is 18.5. The van der Waals surface area contributed by atoms with E-state index in [1.165, 1.54) is 17.8 Å². The van der Waals surface area contributed by atoms with Gasteiger partial charge in [0.25, 0.3) is 0 Å². The number of ether oxygens (including phenoxy) is 1. The standard InChI is InChI=1S/C25H27F3N4OS/c26-15-9-19(22(28)20(27)10-15)23-24-17(3-6-34-24)25(32-31-23)30-16-8-14-12-29-21(18(14)11-16)7-13-1-4-33-5-2-13/h3,6,9-10,13-14,16,18,21,29H,1-2,4-5,7-8,11-12H2,(H,30,32)/t14-,16+,18+,21+/m1/s1. The van der Waals surface area contributed by atoms with E-state index in [0.717, 1.165) is 62.8 Å². The Balaban J connectivity index is 1.20. The number of hydrogen-bond donors (Lipinski definition) is 2. The zero-order valence-corrected chi connectivity index (χ0v) is 19.5. The lowest BCUT2D eigenvalue weighted by molar-refractivity contribution is 0.0594. The number of anilines is 1. The summed E-state index contributed by atoms with van der Waals surface area (Å²) in [6.45, 7) is 2.82.